The Labute approximate surface area is 150 Å². The Morgan fingerprint density at radius 3 is 2.12 bits per heavy atom. The molecule has 3 rings (SSSR count). The van der Waals surface area contributed by atoms with E-state index >= 15 is 0 Å². The van der Waals surface area contributed by atoms with Gasteiger partial charge in [0, 0.05) is 17.7 Å². The van der Waals surface area contributed by atoms with Crippen LogP contribution in [0.15, 0.2) is 36.4 Å². The van der Waals surface area contributed by atoms with Crippen molar-refractivity contribution in [1.82, 2.24) is 4.90 Å². The van der Waals surface area contributed by atoms with Crippen LogP contribution in [0.3, 0.4) is 0 Å². The van der Waals surface area contributed by atoms with Crippen LogP contribution >= 0.6 is 0 Å². The number of Topliss-reactive ketones (excluding diaryl/α,β-unsaturated/α-hetero) is 1. The summed E-state index contributed by atoms with van der Waals surface area (Å²) >= 11 is 0. The van der Waals surface area contributed by atoms with Gasteiger partial charge in [0.15, 0.2) is 5.78 Å². The number of fused-ring (bicyclic) bond motifs is 1. The second kappa shape index (κ2) is 7.49. The molecule has 8 nitrogen and oxygen atoms in total. The number of likely N-dealkylation sites (N-methyl/N-ethyl adjacent to an activating group) is 1. The smallest absolute Gasteiger partial charge is 0.328 e. The van der Waals surface area contributed by atoms with Crippen molar-refractivity contribution in [2.45, 2.75) is 18.4 Å². The molecule has 2 aliphatic rings. The van der Waals surface area contributed by atoms with Gasteiger partial charge < -0.3 is 15.1 Å². The molecule has 1 aliphatic carbocycles. The predicted octanol–water partition coefficient (Wildman–Crippen LogP) is 1.02. The minimum Gasteiger partial charge on any atom is -0.478 e. The van der Waals surface area contributed by atoms with E-state index in [0.29, 0.717) is 24.3 Å². The summed E-state index contributed by atoms with van der Waals surface area (Å²) in [7, 11) is 3.72. The van der Waals surface area contributed by atoms with Crippen LogP contribution in [-0.4, -0.2) is 64.9 Å². The number of carboxylic acid groups (broad SMARTS) is 2. The third kappa shape index (κ3) is 3.97. The average Bonchev–Trinajstić information content (AvgIpc) is 3.29. The van der Waals surface area contributed by atoms with Crippen molar-refractivity contribution < 1.29 is 29.4 Å². The summed E-state index contributed by atoms with van der Waals surface area (Å²) < 4.78 is 0. The maximum atomic E-state index is 12.4. The van der Waals surface area contributed by atoms with Crippen molar-refractivity contribution >= 4 is 29.3 Å². The van der Waals surface area contributed by atoms with Gasteiger partial charge in [-0.3, -0.25) is 14.5 Å². The maximum Gasteiger partial charge on any atom is 0.328 e. The number of rotatable bonds is 4. The van der Waals surface area contributed by atoms with E-state index in [1.54, 1.807) is 4.90 Å². The largest absolute Gasteiger partial charge is 0.478 e. The molecule has 1 aromatic carbocycles. The van der Waals surface area contributed by atoms with Gasteiger partial charge in [0.1, 0.15) is 5.54 Å². The Balaban J connectivity index is 0.000000260. The van der Waals surface area contributed by atoms with Crippen molar-refractivity contribution in [3.63, 3.8) is 0 Å². The number of para-hydroxylation sites is 1. The molecular formula is C18H20N2O6. The van der Waals surface area contributed by atoms with E-state index in [-0.39, 0.29) is 11.7 Å². The Kier molecular flexibility index (Phi) is 5.56. The predicted molar refractivity (Wildman–Crippen MR) is 93.2 cm³/mol. The number of anilines is 1. The number of carbonyl (C=O) groups excluding carboxylic acids is 2. The van der Waals surface area contributed by atoms with Crippen molar-refractivity contribution in [1.29, 1.82) is 0 Å². The summed E-state index contributed by atoms with van der Waals surface area (Å²) in [6.07, 6.45) is 2.70. The molecule has 1 amide bonds. The standard InChI is InChI=1S/C14H16N2O2.C4H4O4/c1-15(2)9-12(17)16-11-6-4-3-5-10(11)13(18)14(16)7-8-14;5-3(6)1-2-4(7)8/h3-6H,7-9H2,1-2H3;1-2H,(H,5,6)(H,7,8)/b;2-1-. The van der Waals surface area contributed by atoms with E-state index in [1.807, 2.05) is 43.3 Å². The van der Waals surface area contributed by atoms with Crippen LogP contribution in [0.2, 0.25) is 0 Å². The third-order valence-electron chi connectivity index (χ3n) is 4.03. The van der Waals surface area contributed by atoms with E-state index < -0.39 is 17.5 Å². The summed E-state index contributed by atoms with van der Waals surface area (Å²) in [6.45, 7) is 0.337. The molecule has 0 radical (unpaired) electrons. The van der Waals surface area contributed by atoms with E-state index in [0.717, 1.165) is 18.5 Å². The lowest BCUT2D eigenvalue weighted by Crippen LogP contribution is -2.46. The lowest BCUT2D eigenvalue weighted by atomic mass is 10.1. The topological polar surface area (TPSA) is 115 Å². The van der Waals surface area contributed by atoms with Crippen molar-refractivity contribution in [3.05, 3.63) is 42.0 Å². The molecule has 1 aromatic rings. The van der Waals surface area contributed by atoms with E-state index in [4.69, 9.17) is 10.2 Å². The van der Waals surface area contributed by atoms with Crippen LogP contribution in [0.1, 0.15) is 23.2 Å². The highest BCUT2D eigenvalue weighted by molar-refractivity contribution is 6.22. The molecule has 1 fully saturated rings. The Morgan fingerprint density at radius 1 is 1.12 bits per heavy atom. The molecule has 1 spiro atoms. The number of amides is 1. The maximum absolute atomic E-state index is 12.4. The SMILES string of the molecule is CN(C)CC(=O)N1c2ccccc2C(=O)C12CC2.O=C(O)/C=C\C(=O)O. The first-order valence-electron chi connectivity index (χ1n) is 7.94. The molecule has 8 heteroatoms. The fraction of sp³-hybridized carbons (Fsp3) is 0.333. The molecule has 26 heavy (non-hydrogen) atoms. The lowest BCUT2D eigenvalue weighted by Gasteiger charge is -2.25. The van der Waals surface area contributed by atoms with Crippen LogP contribution in [0, 0.1) is 0 Å². The van der Waals surface area contributed by atoms with Crippen molar-refractivity contribution in [2.75, 3.05) is 25.5 Å². The quantitative estimate of drug-likeness (QED) is 0.770. The Morgan fingerprint density at radius 2 is 1.65 bits per heavy atom. The number of carboxylic acids is 2. The van der Waals surface area contributed by atoms with Crippen molar-refractivity contribution in [2.24, 2.45) is 0 Å². The van der Waals surface area contributed by atoms with Crippen LogP contribution in [0.4, 0.5) is 5.69 Å². The number of ketones is 1. The Hall–Kier alpha value is -3.00. The molecular weight excluding hydrogens is 340 g/mol. The van der Waals surface area contributed by atoms with Gasteiger partial charge in [-0.15, -0.1) is 0 Å². The molecule has 0 unspecified atom stereocenters. The van der Waals surface area contributed by atoms with Crippen LogP contribution < -0.4 is 4.90 Å². The fourth-order valence-corrected chi connectivity index (χ4v) is 2.87. The summed E-state index contributed by atoms with van der Waals surface area (Å²) in [4.78, 5) is 47.4. The molecule has 0 bridgehead atoms. The number of aliphatic carboxylic acids is 2. The number of benzene rings is 1. The average molecular weight is 360 g/mol. The van der Waals surface area contributed by atoms with Crippen LogP contribution in [0.25, 0.3) is 0 Å². The summed E-state index contributed by atoms with van der Waals surface area (Å²) in [6, 6.07) is 7.42. The van der Waals surface area contributed by atoms with E-state index in [1.165, 1.54) is 0 Å². The number of hydrogen-bond donors (Lipinski definition) is 2. The molecule has 2 N–H and O–H groups in total. The van der Waals surface area contributed by atoms with Gasteiger partial charge in [-0.1, -0.05) is 12.1 Å². The highest BCUT2D eigenvalue weighted by Crippen LogP contribution is 2.52. The van der Waals surface area contributed by atoms with Gasteiger partial charge in [-0.25, -0.2) is 9.59 Å². The lowest BCUT2D eigenvalue weighted by molar-refractivity contribution is -0.134. The van der Waals surface area contributed by atoms with Gasteiger partial charge in [-0.2, -0.15) is 0 Å². The zero-order chi connectivity index (χ0) is 19.5. The first kappa shape index (κ1) is 19.3. The molecule has 0 saturated heterocycles. The van der Waals surface area contributed by atoms with Crippen molar-refractivity contribution in [3.8, 4) is 0 Å². The van der Waals surface area contributed by atoms with E-state index in [2.05, 4.69) is 0 Å². The highest BCUT2D eigenvalue weighted by atomic mass is 16.4. The van der Waals surface area contributed by atoms with Gasteiger partial charge in [0.2, 0.25) is 5.91 Å². The normalized spacial score (nSPS) is 16.4. The minimum atomic E-state index is -1.26. The fourth-order valence-electron chi connectivity index (χ4n) is 2.87. The number of nitrogens with zero attached hydrogens (tertiary/aromatic N) is 2. The first-order chi connectivity index (χ1) is 12.2. The van der Waals surface area contributed by atoms with Gasteiger partial charge in [-0.05, 0) is 39.1 Å². The second-order valence-corrected chi connectivity index (χ2v) is 6.35. The molecule has 1 saturated carbocycles. The molecule has 1 heterocycles. The molecule has 1 aliphatic heterocycles. The van der Waals surface area contributed by atoms with Gasteiger partial charge >= 0.3 is 11.9 Å². The molecule has 0 atom stereocenters. The van der Waals surface area contributed by atoms with Gasteiger partial charge in [0.05, 0.1) is 12.2 Å². The third-order valence-corrected chi connectivity index (χ3v) is 4.03. The molecule has 0 aromatic heterocycles. The summed E-state index contributed by atoms with van der Waals surface area (Å²) in [5, 5.41) is 15.6. The van der Waals surface area contributed by atoms with Crippen LogP contribution in [0.5, 0.6) is 0 Å². The zero-order valence-corrected chi connectivity index (χ0v) is 14.5. The second-order valence-electron chi connectivity index (χ2n) is 6.35. The molecule has 138 valence electrons. The van der Waals surface area contributed by atoms with E-state index in [9.17, 15) is 19.2 Å². The zero-order valence-electron chi connectivity index (χ0n) is 14.5. The number of hydrogen-bond acceptors (Lipinski definition) is 5. The summed E-state index contributed by atoms with van der Waals surface area (Å²) in [5.74, 6) is -2.39. The number of carbonyl (C=O) groups is 4. The Bertz CT molecular complexity index is 764. The highest BCUT2D eigenvalue weighted by Gasteiger charge is 2.61. The first-order valence-corrected chi connectivity index (χ1v) is 7.94. The summed E-state index contributed by atoms with van der Waals surface area (Å²) in [5.41, 5.74) is 0.936. The van der Waals surface area contributed by atoms with Gasteiger partial charge in [0.25, 0.3) is 0 Å². The minimum absolute atomic E-state index is 0.0100. The van der Waals surface area contributed by atoms with Crippen LogP contribution in [-0.2, 0) is 14.4 Å². The monoisotopic (exact) mass is 360 g/mol.